The minimum Gasteiger partial charge on any atom is -0.494 e. The number of benzene rings is 1. The molecule has 0 saturated carbocycles. The fraction of sp³-hybridized carbons (Fsp3) is 0.684. The van der Waals surface area contributed by atoms with Gasteiger partial charge in [0.05, 0.1) is 19.9 Å². The molecule has 2 aliphatic rings. The van der Waals surface area contributed by atoms with Gasteiger partial charge in [-0.15, -0.1) is 0 Å². The van der Waals surface area contributed by atoms with Crippen LogP contribution in [0.25, 0.3) is 0 Å². The Morgan fingerprint density at radius 2 is 2.00 bits per heavy atom. The molecule has 2 heterocycles. The lowest BCUT2D eigenvalue weighted by Gasteiger charge is -2.26. The standard InChI is InChI=1S/C19H30N2O2/c1-2-10-21(11-3-1)12-5-13-23-19-8-7-18-15-22-16-20-9-4-6-17(18)14-19/h7-8,14,20H,1-6,9-13,15-16H2. The van der Waals surface area contributed by atoms with Crippen molar-refractivity contribution in [3.63, 3.8) is 0 Å². The summed E-state index contributed by atoms with van der Waals surface area (Å²) in [4.78, 5) is 2.57. The second-order valence-electron chi connectivity index (χ2n) is 6.63. The van der Waals surface area contributed by atoms with Gasteiger partial charge in [0, 0.05) is 6.54 Å². The first-order valence-corrected chi connectivity index (χ1v) is 9.17. The first-order valence-electron chi connectivity index (χ1n) is 9.17. The molecular weight excluding hydrogens is 288 g/mol. The van der Waals surface area contributed by atoms with E-state index in [1.165, 1.54) is 50.0 Å². The second kappa shape index (κ2) is 9.26. The molecule has 128 valence electrons. The molecule has 4 heteroatoms. The Morgan fingerprint density at radius 3 is 2.91 bits per heavy atom. The van der Waals surface area contributed by atoms with Crippen LogP contribution < -0.4 is 10.1 Å². The van der Waals surface area contributed by atoms with Gasteiger partial charge in [0.25, 0.3) is 0 Å². The molecule has 1 aromatic carbocycles. The summed E-state index contributed by atoms with van der Waals surface area (Å²) >= 11 is 0. The predicted octanol–water partition coefficient (Wildman–Crippen LogP) is 2.95. The first-order chi connectivity index (χ1) is 11.4. The van der Waals surface area contributed by atoms with E-state index >= 15 is 0 Å². The van der Waals surface area contributed by atoms with Crippen LogP contribution in [-0.2, 0) is 17.8 Å². The van der Waals surface area contributed by atoms with Crippen molar-refractivity contribution in [2.45, 2.75) is 45.1 Å². The molecule has 0 spiro atoms. The highest BCUT2D eigenvalue weighted by Crippen LogP contribution is 2.21. The van der Waals surface area contributed by atoms with Gasteiger partial charge in [-0.2, -0.15) is 0 Å². The van der Waals surface area contributed by atoms with Crippen LogP contribution in [0.4, 0.5) is 0 Å². The quantitative estimate of drug-likeness (QED) is 0.846. The fourth-order valence-electron chi connectivity index (χ4n) is 3.44. The van der Waals surface area contributed by atoms with Gasteiger partial charge in [0.15, 0.2) is 0 Å². The smallest absolute Gasteiger partial charge is 0.119 e. The highest BCUT2D eigenvalue weighted by atomic mass is 16.5. The molecule has 0 atom stereocenters. The molecule has 0 aromatic heterocycles. The zero-order valence-electron chi connectivity index (χ0n) is 14.2. The molecule has 0 unspecified atom stereocenters. The number of rotatable bonds is 5. The van der Waals surface area contributed by atoms with Gasteiger partial charge in [-0.1, -0.05) is 12.5 Å². The van der Waals surface area contributed by atoms with Crippen LogP contribution >= 0.6 is 0 Å². The van der Waals surface area contributed by atoms with Crippen molar-refractivity contribution in [2.24, 2.45) is 0 Å². The number of hydrogen-bond acceptors (Lipinski definition) is 4. The third-order valence-corrected chi connectivity index (χ3v) is 4.78. The maximum Gasteiger partial charge on any atom is 0.119 e. The lowest BCUT2D eigenvalue weighted by atomic mass is 10.0. The van der Waals surface area contributed by atoms with E-state index in [-0.39, 0.29) is 0 Å². The van der Waals surface area contributed by atoms with Crippen LogP contribution in [0, 0.1) is 0 Å². The van der Waals surface area contributed by atoms with E-state index < -0.39 is 0 Å². The first kappa shape index (κ1) is 16.7. The highest BCUT2D eigenvalue weighted by molar-refractivity contribution is 5.35. The van der Waals surface area contributed by atoms with Crippen molar-refractivity contribution >= 4 is 0 Å². The summed E-state index contributed by atoms with van der Waals surface area (Å²) in [5.41, 5.74) is 2.68. The van der Waals surface area contributed by atoms with E-state index in [0.717, 1.165) is 38.2 Å². The van der Waals surface area contributed by atoms with E-state index in [0.29, 0.717) is 13.3 Å². The summed E-state index contributed by atoms with van der Waals surface area (Å²) < 4.78 is 11.6. The highest BCUT2D eigenvalue weighted by Gasteiger charge is 2.10. The van der Waals surface area contributed by atoms with Crippen molar-refractivity contribution in [2.75, 3.05) is 39.5 Å². The van der Waals surface area contributed by atoms with Gasteiger partial charge >= 0.3 is 0 Å². The second-order valence-corrected chi connectivity index (χ2v) is 6.63. The normalized spacial score (nSPS) is 20.2. The van der Waals surface area contributed by atoms with Crippen LogP contribution in [0.2, 0.25) is 0 Å². The Bertz CT molecular complexity index is 472. The number of nitrogens with zero attached hydrogens (tertiary/aromatic N) is 1. The van der Waals surface area contributed by atoms with Crippen LogP contribution in [-0.4, -0.2) is 44.4 Å². The summed E-state index contributed by atoms with van der Waals surface area (Å²) in [5, 5.41) is 3.29. The molecule has 1 saturated heterocycles. The Labute approximate surface area is 140 Å². The molecule has 3 rings (SSSR count). The largest absolute Gasteiger partial charge is 0.494 e. The molecule has 0 radical (unpaired) electrons. The molecule has 1 N–H and O–H groups in total. The Morgan fingerprint density at radius 1 is 1.09 bits per heavy atom. The summed E-state index contributed by atoms with van der Waals surface area (Å²) in [7, 11) is 0. The lowest BCUT2D eigenvalue weighted by Crippen LogP contribution is -2.31. The number of hydrogen-bond donors (Lipinski definition) is 1. The zero-order chi connectivity index (χ0) is 15.7. The molecule has 1 fully saturated rings. The number of ether oxygens (including phenoxy) is 2. The van der Waals surface area contributed by atoms with Crippen LogP contribution in [0.1, 0.15) is 43.2 Å². The third-order valence-electron chi connectivity index (χ3n) is 4.78. The Kier molecular flexibility index (Phi) is 6.74. The molecule has 0 amide bonds. The summed E-state index contributed by atoms with van der Waals surface area (Å²) in [6.07, 6.45) is 7.49. The van der Waals surface area contributed by atoms with Gasteiger partial charge in [0.1, 0.15) is 5.75 Å². The maximum absolute atomic E-state index is 5.98. The van der Waals surface area contributed by atoms with Crippen molar-refractivity contribution in [3.8, 4) is 5.75 Å². The number of piperidine rings is 1. The van der Waals surface area contributed by atoms with Gasteiger partial charge in [-0.25, -0.2) is 0 Å². The maximum atomic E-state index is 5.98. The van der Waals surface area contributed by atoms with Gasteiger partial charge in [0.2, 0.25) is 0 Å². The minimum atomic E-state index is 0.647. The Balaban J connectivity index is 1.46. The van der Waals surface area contributed by atoms with E-state index in [9.17, 15) is 0 Å². The topological polar surface area (TPSA) is 33.7 Å². The predicted molar refractivity (Wildman–Crippen MR) is 92.8 cm³/mol. The van der Waals surface area contributed by atoms with Crippen LogP contribution in [0.3, 0.4) is 0 Å². The van der Waals surface area contributed by atoms with Crippen molar-refractivity contribution < 1.29 is 9.47 Å². The van der Waals surface area contributed by atoms with Crippen LogP contribution in [0.5, 0.6) is 5.75 Å². The SMILES string of the molecule is c1cc2c(cc1OCCCN1CCCCC1)CCCNCOC2. The molecule has 0 bridgehead atoms. The van der Waals surface area contributed by atoms with Crippen molar-refractivity contribution in [1.29, 1.82) is 0 Å². The average molecular weight is 318 g/mol. The van der Waals surface area contributed by atoms with Crippen LogP contribution in [0.15, 0.2) is 18.2 Å². The Hall–Kier alpha value is -1.10. The number of likely N-dealkylation sites (tertiary alicyclic amines) is 1. The van der Waals surface area contributed by atoms with Crippen molar-refractivity contribution in [3.05, 3.63) is 29.3 Å². The third kappa shape index (κ3) is 5.48. The molecule has 0 aliphatic carbocycles. The van der Waals surface area contributed by atoms with Gasteiger partial charge in [-0.3, -0.25) is 5.32 Å². The van der Waals surface area contributed by atoms with E-state index in [2.05, 4.69) is 28.4 Å². The van der Waals surface area contributed by atoms with E-state index in [4.69, 9.17) is 9.47 Å². The summed E-state index contributed by atoms with van der Waals surface area (Å²) in [5.74, 6) is 1.01. The number of fused-ring (bicyclic) bond motifs is 1. The summed E-state index contributed by atoms with van der Waals surface area (Å²) in [6.45, 7) is 6.88. The molecule has 23 heavy (non-hydrogen) atoms. The molecule has 1 aromatic rings. The van der Waals surface area contributed by atoms with Gasteiger partial charge in [-0.05, 0) is 75.0 Å². The van der Waals surface area contributed by atoms with Gasteiger partial charge < -0.3 is 14.4 Å². The monoisotopic (exact) mass is 318 g/mol. The average Bonchev–Trinajstić information content (AvgIpc) is 2.71. The van der Waals surface area contributed by atoms with Crippen molar-refractivity contribution in [1.82, 2.24) is 10.2 Å². The lowest BCUT2D eigenvalue weighted by molar-refractivity contribution is 0.105. The zero-order valence-corrected chi connectivity index (χ0v) is 14.2. The van der Waals surface area contributed by atoms with E-state index in [1.54, 1.807) is 0 Å². The molecular formula is C19H30N2O2. The minimum absolute atomic E-state index is 0.647. The molecule has 4 nitrogen and oxygen atoms in total. The fourth-order valence-corrected chi connectivity index (χ4v) is 3.44. The summed E-state index contributed by atoms with van der Waals surface area (Å²) in [6, 6.07) is 6.47. The number of nitrogens with one attached hydrogen (secondary N) is 1. The number of aryl methyl sites for hydroxylation is 1. The van der Waals surface area contributed by atoms with E-state index in [1.807, 2.05) is 0 Å². The molecule has 2 aliphatic heterocycles.